The average molecular weight is 285 g/mol. The van der Waals surface area contributed by atoms with E-state index in [0.717, 1.165) is 19.5 Å². The van der Waals surface area contributed by atoms with E-state index in [9.17, 15) is 8.42 Å². The van der Waals surface area contributed by atoms with Crippen molar-refractivity contribution in [3.63, 3.8) is 0 Å². The van der Waals surface area contributed by atoms with Crippen LogP contribution in [-0.4, -0.2) is 57.0 Å². The predicted molar refractivity (Wildman–Crippen MR) is 74.7 cm³/mol. The van der Waals surface area contributed by atoms with E-state index in [2.05, 4.69) is 10.2 Å². The van der Waals surface area contributed by atoms with E-state index in [1.54, 1.807) is 13.8 Å². The Kier molecular flexibility index (Phi) is 7.63. The third-order valence-electron chi connectivity index (χ3n) is 3.32. The molecule has 104 valence electrons. The van der Waals surface area contributed by atoms with E-state index in [-0.39, 0.29) is 17.7 Å². The maximum absolute atomic E-state index is 11.7. The molecule has 0 aromatic carbocycles. The van der Waals surface area contributed by atoms with E-state index in [1.165, 1.54) is 6.42 Å². The number of nitrogens with zero attached hydrogens (tertiary/aromatic N) is 1. The number of piperidine rings is 1. The van der Waals surface area contributed by atoms with Crippen molar-refractivity contribution in [3.05, 3.63) is 0 Å². The molecule has 1 fully saturated rings. The number of hydrogen-bond donors (Lipinski definition) is 1. The number of nitrogens with one attached hydrogen (secondary N) is 1. The summed E-state index contributed by atoms with van der Waals surface area (Å²) < 4.78 is 23.4. The molecule has 0 amide bonds. The first-order valence-electron chi connectivity index (χ1n) is 6.07. The molecule has 1 aliphatic heterocycles. The Morgan fingerprint density at radius 3 is 2.59 bits per heavy atom. The zero-order valence-electron chi connectivity index (χ0n) is 11.0. The number of likely N-dealkylation sites (tertiary alicyclic amines) is 1. The van der Waals surface area contributed by atoms with E-state index in [4.69, 9.17) is 0 Å². The Labute approximate surface area is 111 Å². The number of likely N-dealkylation sites (N-methyl/N-ethyl adjacent to an activating group) is 1. The first-order valence-corrected chi connectivity index (χ1v) is 7.78. The van der Waals surface area contributed by atoms with Gasteiger partial charge in [0.05, 0.1) is 11.0 Å². The van der Waals surface area contributed by atoms with Crippen molar-refractivity contribution in [2.75, 3.05) is 32.4 Å². The van der Waals surface area contributed by atoms with Crippen LogP contribution in [0, 0.1) is 0 Å². The van der Waals surface area contributed by atoms with Gasteiger partial charge in [0.25, 0.3) is 0 Å². The summed E-state index contributed by atoms with van der Waals surface area (Å²) >= 11 is 0. The van der Waals surface area contributed by atoms with Crippen LogP contribution in [0.15, 0.2) is 0 Å². The summed E-state index contributed by atoms with van der Waals surface area (Å²) in [5.41, 5.74) is 0. The highest BCUT2D eigenvalue weighted by molar-refractivity contribution is 7.92. The van der Waals surface area contributed by atoms with Gasteiger partial charge in [0.15, 0.2) is 9.84 Å². The van der Waals surface area contributed by atoms with E-state index < -0.39 is 9.84 Å². The second-order valence-electron chi connectivity index (χ2n) is 4.84. The summed E-state index contributed by atoms with van der Waals surface area (Å²) in [7, 11) is -0.913. The lowest BCUT2D eigenvalue weighted by molar-refractivity contribution is 0.205. The number of hydrogen-bond acceptors (Lipinski definition) is 4. The molecule has 1 aliphatic rings. The zero-order valence-corrected chi connectivity index (χ0v) is 12.6. The standard InChI is InChI=1S/C11H24N2O2S.ClH/c1-10(2)16(14,15)8-7-13-6-4-5-11(9-13)12-3;/h10-12H,4-9H2,1-3H3;1H. The van der Waals surface area contributed by atoms with Gasteiger partial charge in [0, 0.05) is 19.1 Å². The van der Waals surface area contributed by atoms with Gasteiger partial charge in [-0.15, -0.1) is 12.4 Å². The van der Waals surface area contributed by atoms with Crippen LogP contribution in [0.4, 0.5) is 0 Å². The van der Waals surface area contributed by atoms with Gasteiger partial charge in [-0.25, -0.2) is 8.42 Å². The van der Waals surface area contributed by atoms with Crippen LogP contribution >= 0.6 is 12.4 Å². The Morgan fingerprint density at radius 2 is 2.06 bits per heavy atom. The van der Waals surface area contributed by atoms with Crippen LogP contribution in [0.1, 0.15) is 26.7 Å². The molecule has 1 saturated heterocycles. The molecule has 0 bridgehead atoms. The lowest BCUT2D eigenvalue weighted by Gasteiger charge is -2.32. The van der Waals surface area contributed by atoms with E-state index >= 15 is 0 Å². The highest BCUT2D eigenvalue weighted by atomic mass is 35.5. The molecular weight excluding hydrogens is 260 g/mol. The first kappa shape index (κ1) is 17.2. The van der Waals surface area contributed by atoms with Gasteiger partial charge in [0.1, 0.15) is 0 Å². The maximum atomic E-state index is 11.7. The topological polar surface area (TPSA) is 49.4 Å². The molecule has 0 radical (unpaired) electrons. The fourth-order valence-electron chi connectivity index (χ4n) is 1.99. The van der Waals surface area contributed by atoms with Crippen LogP contribution < -0.4 is 5.32 Å². The highest BCUT2D eigenvalue weighted by Crippen LogP contribution is 2.10. The average Bonchev–Trinajstić information content (AvgIpc) is 2.26. The maximum Gasteiger partial charge on any atom is 0.153 e. The lowest BCUT2D eigenvalue weighted by Crippen LogP contribution is -2.46. The minimum Gasteiger partial charge on any atom is -0.316 e. The fraction of sp³-hybridized carbons (Fsp3) is 1.00. The number of sulfone groups is 1. The van der Waals surface area contributed by atoms with E-state index in [0.29, 0.717) is 18.3 Å². The van der Waals surface area contributed by atoms with Crippen LogP contribution in [0.25, 0.3) is 0 Å². The van der Waals surface area contributed by atoms with Gasteiger partial charge in [-0.3, -0.25) is 0 Å². The molecule has 6 heteroatoms. The van der Waals surface area contributed by atoms with Gasteiger partial charge in [-0.05, 0) is 40.3 Å². The van der Waals surface area contributed by atoms with Crippen LogP contribution in [-0.2, 0) is 9.84 Å². The van der Waals surface area contributed by atoms with E-state index in [1.807, 2.05) is 7.05 Å². The Bertz CT molecular complexity index is 307. The van der Waals surface area contributed by atoms with Crippen molar-refractivity contribution in [2.24, 2.45) is 0 Å². The molecule has 0 aromatic rings. The summed E-state index contributed by atoms with van der Waals surface area (Å²) in [5, 5.41) is 3.01. The van der Waals surface area contributed by atoms with Crippen LogP contribution in [0.2, 0.25) is 0 Å². The van der Waals surface area contributed by atoms with Crippen molar-refractivity contribution >= 4 is 22.2 Å². The summed E-state index contributed by atoms with van der Waals surface area (Å²) in [6.45, 7) is 6.19. The summed E-state index contributed by atoms with van der Waals surface area (Å²) in [6, 6.07) is 0.524. The quantitative estimate of drug-likeness (QED) is 0.816. The molecule has 1 unspecified atom stereocenters. The first-order chi connectivity index (χ1) is 7.45. The number of rotatable bonds is 5. The largest absolute Gasteiger partial charge is 0.316 e. The Hall–Kier alpha value is 0.160. The van der Waals surface area contributed by atoms with Crippen molar-refractivity contribution < 1.29 is 8.42 Å². The monoisotopic (exact) mass is 284 g/mol. The minimum atomic E-state index is -2.88. The fourth-order valence-corrected chi connectivity index (χ4v) is 2.97. The van der Waals surface area contributed by atoms with Gasteiger partial charge >= 0.3 is 0 Å². The molecule has 0 aliphatic carbocycles. The van der Waals surface area contributed by atoms with Crippen molar-refractivity contribution in [1.29, 1.82) is 0 Å². The summed E-state index contributed by atoms with van der Waals surface area (Å²) in [5.74, 6) is 0.293. The smallest absolute Gasteiger partial charge is 0.153 e. The van der Waals surface area contributed by atoms with Crippen LogP contribution in [0.3, 0.4) is 0 Å². The highest BCUT2D eigenvalue weighted by Gasteiger charge is 2.21. The molecule has 1 rings (SSSR count). The van der Waals surface area contributed by atoms with Gasteiger partial charge < -0.3 is 10.2 Å². The second-order valence-corrected chi connectivity index (χ2v) is 7.52. The molecular formula is C11H25ClN2O2S. The normalized spacial score (nSPS) is 22.5. The lowest BCUT2D eigenvalue weighted by atomic mass is 10.1. The van der Waals surface area contributed by atoms with Gasteiger partial charge in [-0.1, -0.05) is 0 Å². The molecule has 1 N–H and O–H groups in total. The number of halogens is 1. The molecule has 17 heavy (non-hydrogen) atoms. The Balaban J connectivity index is 0.00000256. The second kappa shape index (κ2) is 7.56. The van der Waals surface area contributed by atoms with Crippen molar-refractivity contribution in [2.45, 2.75) is 38.0 Å². The third kappa shape index (κ3) is 5.55. The molecule has 0 aromatic heterocycles. The predicted octanol–water partition coefficient (Wildman–Crippen LogP) is 0.915. The SMILES string of the molecule is CNC1CCCN(CCS(=O)(=O)C(C)C)C1.Cl. The Morgan fingerprint density at radius 1 is 1.41 bits per heavy atom. The summed E-state index contributed by atoms with van der Waals surface area (Å²) in [6.07, 6.45) is 2.36. The third-order valence-corrected chi connectivity index (χ3v) is 5.51. The zero-order chi connectivity index (χ0) is 12.2. The van der Waals surface area contributed by atoms with Crippen LogP contribution in [0.5, 0.6) is 0 Å². The van der Waals surface area contributed by atoms with Gasteiger partial charge in [-0.2, -0.15) is 0 Å². The minimum absolute atomic E-state index is 0. The van der Waals surface area contributed by atoms with Crippen molar-refractivity contribution in [1.82, 2.24) is 10.2 Å². The summed E-state index contributed by atoms with van der Waals surface area (Å²) in [4.78, 5) is 2.25. The molecule has 0 spiro atoms. The molecule has 1 heterocycles. The van der Waals surface area contributed by atoms with Gasteiger partial charge in [0.2, 0.25) is 0 Å². The molecule has 0 saturated carbocycles. The molecule has 1 atom stereocenters. The van der Waals surface area contributed by atoms with Crippen molar-refractivity contribution in [3.8, 4) is 0 Å². The molecule has 4 nitrogen and oxygen atoms in total.